The lowest BCUT2D eigenvalue weighted by molar-refractivity contribution is 0.0595. The number of aryl methyl sites for hydroxylation is 1. The molecule has 0 radical (unpaired) electrons. The number of carbonyl (C=O) groups is 1. The molecule has 0 aliphatic heterocycles. The van der Waals surface area contributed by atoms with Crippen molar-refractivity contribution >= 4 is 39.9 Å². The number of benzene rings is 1. The Labute approximate surface area is 117 Å². The third-order valence-electron chi connectivity index (χ3n) is 2.32. The molecule has 3 nitrogen and oxygen atoms in total. The standard InChI is InChI=1S/C12H10INO2S/c1-7-4-3-5-8(10(7)13)11-14-9(6-17-11)12(15)16-2/h3-6H,1-2H3. The normalized spacial score (nSPS) is 10.3. The summed E-state index contributed by atoms with van der Waals surface area (Å²) >= 11 is 3.75. The number of carbonyl (C=O) groups excluding carboxylic acids is 1. The molecule has 0 fully saturated rings. The van der Waals surface area contributed by atoms with Crippen molar-refractivity contribution in [1.29, 1.82) is 0 Å². The van der Waals surface area contributed by atoms with E-state index in [-0.39, 0.29) is 0 Å². The molecule has 5 heteroatoms. The van der Waals surface area contributed by atoms with Crippen LogP contribution in [0.2, 0.25) is 0 Å². The van der Waals surface area contributed by atoms with Gasteiger partial charge in [-0.1, -0.05) is 18.2 Å². The molecular formula is C12H10INO2S. The molecule has 0 saturated heterocycles. The zero-order valence-electron chi connectivity index (χ0n) is 9.36. The first-order valence-corrected chi connectivity index (χ1v) is 6.88. The molecule has 0 spiro atoms. The van der Waals surface area contributed by atoms with E-state index in [0.29, 0.717) is 5.69 Å². The highest BCUT2D eigenvalue weighted by Crippen LogP contribution is 2.30. The lowest BCUT2D eigenvalue weighted by Crippen LogP contribution is -2.01. The summed E-state index contributed by atoms with van der Waals surface area (Å²) < 4.78 is 5.81. The Bertz CT molecular complexity index is 565. The van der Waals surface area contributed by atoms with E-state index in [1.165, 1.54) is 24.0 Å². The molecule has 0 amide bonds. The molecule has 1 aromatic heterocycles. The van der Waals surface area contributed by atoms with Crippen LogP contribution in [0.4, 0.5) is 0 Å². The maximum Gasteiger partial charge on any atom is 0.357 e. The summed E-state index contributed by atoms with van der Waals surface area (Å²) in [4.78, 5) is 15.6. The molecule has 1 heterocycles. The van der Waals surface area contributed by atoms with Gasteiger partial charge in [-0.15, -0.1) is 11.3 Å². The van der Waals surface area contributed by atoms with Crippen molar-refractivity contribution in [2.75, 3.05) is 7.11 Å². The number of ether oxygens (including phenoxy) is 1. The number of hydrogen-bond acceptors (Lipinski definition) is 4. The lowest BCUT2D eigenvalue weighted by atomic mass is 10.1. The van der Waals surface area contributed by atoms with Gasteiger partial charge >= 0.3 is 5.97 Å². The monoisotopic (exact) mass is 359 g/mol. The summed E-state index contributed by atoms with van der Waals surface area (Å²) in [6, 6.07) is 6.06. The largest absolute Gasteiger partial charge is 0.464 e. The van der Waals surface area contributed by atoms with Gasteiger partial charge in [-0.3, -0.25) is 0 Å². The summed E-state index contributed by atoms with van der Waals surface area (Å²) in [6.07, 6.45) is 0. The fraction of sp³-hybridized carbons (Fsp3) is 0.167. The fourth-order valence-corrected chi connectivity index (χ4v) is 3.03. The SMILES string of the molecule is COC(=O)c1csc(-c2cccc(C)c2I)n1. The number of esters is 1. The molecule has 2 aromatic rings. The topological polar surface area (TPSA) is 39.2 Å². The number of hydrogen-bond donors (Lipinski definition) is 0. The van der Waals surface area contributed by atoms with Crippen LogP contribution in [-0.2, 0) is 4.74 Å². The van der Waals surface area contributed by atoms with Crippen LogP contribution in [0.1, 0.15) is 16.1 Å². The van der Waals surface area contributed by atoms with Crippen molar-refractivity contribution in [3.05, 3.63) is 38.4 Å². The van der Waals surface area contributed by atoms with Gasteiger partial charge in [0.25, 0.3) is 0 Å². The molecule has 0 atom stereocenters. The van der Waals surface area contributed by atoms with Gasteiger partial charge < -0.3 is 4.74 Å². The van der Waals surface area contributed by atoms with E-state index in [1.807, 2.05) is 12.1 Å². The number of nitrogens with zero attached hydrogens (tertiary/aromatic N) is 1. The number of methoxy groups -OCH3 is 1. The number of rotatable bonds is 2. The van der Waals surface area contributed by atoms with Gasteiger partial charge in [0.15, 0.2) is 5.69 Å². The maximum atomic E-state index is 11.3. The quantitative estimate of drug-likeness (QED) is 0.609. The van der Waals surface area contributed by atoms with Crippen LogP contribution in [-0.4, -0.2) is 18.1 Å². The third kappa shape index (κ3) is 2.50. The van der Waals surface area contributed by atoms with Crippen molar-refractivity contribution in [3.63, 3.8) is 0 Å². The number of thiazole rings is 1. The summed E-state index contributed by atoms with van der Waals surface area (Å²) in [6.45, 7) is 2.06. The van der Waals surface area contributed by atoms with Gasteiger partial charge in [0.1, 0.15) is 5.01 Å². The van der Waals surface area contributed by atoms with Crippen LogP contribution in [0.25, 0.3) is 10.6 Å². The zero-order chi connectivity index (χ0) is 12.4. The molecule has 0 N–H and O–H groups in total. The Kier molecular flexibility index (Phi) is 3.78. The van der Waals surface area contributed by atoms with Crippen LogP contribution >= 0.6 is 33.9 Å². The predicted octanol–water partition coefficient (Wildman–Crippen LogP) is 3.51. The van der Waals surface area contributed by atoms with Gasteiger partial charge in [0.05, 0.1) is 7.11 Å². The molecule has 2 rings (SSSR count). The molecule has 0 aliphatic rings. The Hall–Kier alpha value is -0.950. The molecular weight excluding hydrogens is 349 g/mol. The van der Waals surface area contributed by atoms with E-state index in [1.54, 1.807) is 5.38 Å². The molecule has 88 valence electrons. The van der Waals surface area contributed by atoms with Gasteiger partial charge in [-0.25, -0.2) is 9.78 Å². The first-order valence-electron chi connectivity index (χ1n) is 4.93. The van der Waals surface area contributed by atoms with Crippen LogP contribution in [0, 0.1) is 10.5 Å². The lowest BCUT2D eigenvalue weighted by Gasteiger charge is -2.03. The van der Waals surface area contributed by atoms with Crippen molar-refractivity contribution < 1.29 is 9.53 Å². The average Bonchev–Trinajstić information content (AvgIpc) is 2.81. The highest BCUT2D eigenvalue weighted by molar-refractivity contribution is 14.1. The summed E-state index contributed by atoms with van der Waals surface area (Å²) in [7, 11) is 1.36. The van der Waals surface area contributed by atoms with E-state index in [0.717, 1.165) is 14.1 Å². The molecule has 1 aromatic carbocycles. The second kappa shape index (κ2) is 5.14. The third-order valence-corrected chi connectivity index (χ3v) is 4.63. The second-order valence-electron chi connectivity index (χ2n) is 3.47. The highest BCUT2D eigenvalue weighted by atomic mass is 127. The van der Waals surface area contributed by atoms with Crippen molar-refractivity contribution in [1.82, 2.24) is 4.98 Å². The molecule has 17 heavy (non-hydrogen) atoms. The van der Waals surface area contributed by atoms with Crippen molar-refractivity contribution in [2.45, 2.75) is 6.92 Å². The van der Waals surface area contributed by atoms with Gasteiger partial charge in [0.2, 0.25) is 0 Å². The van der Waals surface area contributed by atoms with Crippen molar-refractivity contribution in [2.24, 2.45) is 0 Å². The Morgan fingerprint density at radius 3 is 2.94 bits per heavy atom. The van der Waals surface area contributed by atoms with E-state index in [9.17, 15) is 4.79 Å². The molecule has 0 unspecified atom stereocenters. The number of aromatic nitrogens is 1. The molecule has 0 bridgehead atoms. The van der Waals surface area contributed by atoms with E-state index < -0.39 is 5.97 Å². The minimum atomic E-state index is -0.393. The minimum Gasteiger partial charge on any atom is -0.464 e. The van der Waals surface area contributed by atoms with Crippen LogP contribution in [0.5, 0.6) is 0 Å². The van der Waals surface area contributed by atoms with Gasteiger partial charge in [-0.2, -0.15) is 0 Å². The summed E-state index contributed by atoms with van der Waals surface area (Å²) in [5.41, 5.74) is 2.63. The maximum absolute atomic E-state index is 11.3. The Morgan fingerprint density at radius 1 is 1.47 bits per heavy atom. The number of halogens is 1. The first-order chi connectivity index (χ1) is 8.13. The Balaban J connectivity index is 2.44. The van der Waals surface area contributed by atoms with Crippen LogP contribution < -0.4 is 0 Å². The fourth-order valence-electron chi connectivity index (χ4n) is 1.41. The van der Waals surface area contributed by atoms with Crippen molar-refractivity contribution in [3.8, 4) is 10.6 Å². The summed E-state index contributed by atoms with van der Waals surface area (Å²) in [5.74, 6) is -0.393. The highest BCUT2D eigenvalue weighted by Gasteiger charge is 2.13. The first kappa shape index (κ1) is 12.5. The predicted molar refractivity (Wildman–Crippen MR) is 76.3 cm³/mol. The van der Waals surface area contributed by atoms with E-state index >= 15 is 0 Å². The molecule has 0 saturated carbocycles. The van der Waals surface area contributed by atoms with E-state index in [2.05, 4.69) is 45.3 Å². The van der Waals surface area contributed by atoms with Gasteiger partial charge in [-0.05, 0) is 35.1 Å². The average molecular weight is 359 g/mol. The zero-order valence-corrected chi connectivity index (χ0v) is 12.3. The smallest absolute Gasteiger partial charge is 0.357 e. The van der Waals surface area contributed by atoms with Crippen LogP contribution in [0.15, 0.2) is 23.6 Å². The van der Waals surface area contributed by atoms with Crippen LogP contribution in [0.3, 0.4) is 0 Å². The second-order valence-corrected chi connectivity index (χ2v) is 5.40. The van der Waals surface area contributed by atoms with E-state index in [4.69, 9.17) is 0 Å². The minimum absolute atomic E-state index is 0.366. The summed E-state index contributed by atoms with van der Waals surface area (Å²) in [5, 5.41) is 2.57. The Morgan fingerprint density at radius 2 is 2.24 bits per heavy atom. The van der Waals surface area contributed by atoms with Gasteiger partial charge in [0, 0.05) is 14.5 Å². The molecule has 0 aliphatic carbocycles.